The summed E-state index contributed by atoms with van der Waals surface area (Å²) in [5, 5.41) is 5.78. The molecule has 3 heterocycles. The van der Waals surface area contributed by atoms with Crippen LogP contribution in [0.25, 0.3) is 0 Å². The number of nitrogens with zero attached hydrogens (tertiary/aromatic N) is 2. The van der Waals surface area contributed by atoms with Crippen molar-refractivity contribution < 1.29 is 4.74 Å². The smallest absolute Gasteiger partial charge is 0.0594 e. The summed E-state index contributed by atoms with van der Waals surface area (Å²) in [5.41, 5.74) is 1.32. The molecule has 0 saturated carbocycles. The second kappa shape index (κ2) is 7.22. The quantitative estimate of drug-likeness (QED) is 0.887. The summed E-state index contributed by atoms with van der Waals surface area (Å²) in [7, 11) is 2.09. The minimum atomic E-state index is 0.453. The third-order valence-corrected chi connectivity index (χ3v) is 5.03. The lowest BCUT2D eigenvalue weighted by atomic mass is 10.2. The van der Waals surface area contributed by atoms with Gasteiger partial charge in [0.2, 0.25) is 0 Å². The molecular weight excluding hydrogens is 282 g/mol. The average Bonchev–Trinajstić information content (AvgIpc) is 3.17. The van der Waals surface area contributed by atoms with Crippen molar-refractivity contribution in [2.75, 3.05) is 32.8 Å². The van der Waals surface area contributed by atoms with E-state index in [9.17, 15) is 0 Å². The fourth-order valence-electron chi connectivity index (χ4n) is 2.80. The molecule has 1 aliphatic heterocycles. The first-order valence-corrected chi connectivity index (χ1v) is 8.38. The number of morpholine rings is 1. The Labute approximate surface area is 130 Å². The van der Waals surface area contributed by atoms with E-state index in [1.807, 2.05) is 11.3 Å². The molecule has 0 aliphatic carbocycles. The van der Waals surface area contributed by atoms with Crippen molar-refractivity contribution in [2.24, 2.45) is 7.05 Å². The lowest BCUT2D eigenvalue weighted by Crippen LogP contribution is -2.42. The van der Waals surface area contributed by atoms with Crippen molar-refractivity contribution in [3.8, 4) is 0 Å². The summed E-state index contributed by atoms with van der Waals surface area (Å²) in [6, 6.07) is 9.10. The molecule has 4 nitrogen and oxygen atoms in total. The number of aromatic nitrogens is 1. The highest BCUT2D eigenvalue weighted by Crippen LogP contribution is 2.25. The van der Waals surface area contributed by atoms with Crippen molar-refractivity contribution in [1.82, 2.24) is 14.8 Å². The highest BCUT2D eigenvalue weighted by atomic mass is 32.1. The predicted molar refractivity (Wildman–Crippen MR) is 86.6 cm³/mol. The van der Waals surface area contributed by atoms with Gasteiger partial charge in [-0.2, -0.15) is 0 Å². The monoisotopic (exact) mass is 305 g/mol. The fourth-order valence-corrected chi connectivity index (χ4v) is 3.66. The number of hydrogen-bond donors (Lipinski definition) is 1. The molecule has 5 heteroatoms. The fraction of sp³-hybridized carbons (Fsp3) is 0.500. The van der Waals surface area contributed by atoms with Gasteiger partial charge in [0, 0.05) is 50.0 Å². The van der Waals surface area contributed by atoms with Gasteiger partial charge in [0.1, 0.15) is 0 Å². The zero-order valence-corrected chi connectivity index (χ0v) is 13.3. The predicted octanol–water partition coefficient (Wildman–Crippen LogP) is 2.25. The number of hydrogen-bond acceptors (Lipinski definition) is 4. The first kappa shape index (κ1) is 14.8. The molecule has 1 fully saturated rings. The van der Waals surface area contributed by atoms with Gasteiger partial charge < -0.3 is 14.6 Å². The molecule has 0 radical (unpaired) electrons. The Hall–Kier alpha value is -1.14. The summed E-state index contributed by atoms with van der Waals surface area (Å²) in [6.45, 7) is 5.63. The van der Waals surface area contributed by atoms with Crippen molar-refractivity contribution in [3.05, 3.63) is 46.4 Å². The van der Waals surface area contributed by atoms with Crippen LogP contribution in [-0.4, -0.2) is 42.3 Å². The molecule has 3 rings (SSSR count). The topological polar surface area (TPSA) is 29.4 Å². The van der Waals surface area contributed by atoms with Crippen molar-refractivity contribution in [2.45, 2.75) is 12.6 Å². The minimum absolute atomic E-state index is 0.453. The molecule has 0 aromatic carbocycles. The van der Waals surface area contributed by atoms with Crippen LogP contribution in [0.5, 0.6) is 0 Å². The molecule has 0 unspecified atom stereocenters. The maximum atomic E-state index is 5.48. The number of thiophene rings is 1. The molecular formula is C16H23N3OS. The van der Waals surface area contributed by atoms with Gasteiger partial charge in [0.05, 0.1) is 19.3 Å². The van der Waals surface area contributed by atoms with E-state index >= 15 is 0 Å². The van der Waals surface area contributed by atoms with Gasteiger partial charge in [0.15, 0.2) is 0 Å². The van der Waals surface area contributed by atoms with Crippen LogP contribution in [0.15, 0.2) is 35.8 Å². The van der Waals surface area contributed by atoms with Gasteiger partial charge in [-0.15, -0.1) is 11.3 Å². The highest BCUT2D eigenvalue weighted by molar-refractivity contribution is 7.10. The standard InChI is InChI=1S/C16H23N3OS/c1-18-6-2-4-14(18)12-17-13-15(16-5-3-11-21-16)19-7-9-20-10-8-19/h2-6,11,15,17H,7-10,12-13H2,1H3/t15-/m0/s1. The van der Waals surface area contributed by atoms with E-state index in [0.29, 0.717) is 6.04 Å². The Bertz CT molecular complexity index is 531. The van der Waals surface area contributed by atoms with Gasteiger partial charge in [-0.3, -0.25) is 4.90 Å². The van der Waals surface area contributed by atoms with E-state index in [0.717, 1.165) is 39.4 Å². The summed E-state index contributed by atoms with van der Waals surface area (Å²) in [5.74, 6) is 0. The zero-order valence-electron chi connectivity index (χ0n) is 12.5. The lowest BCUT2D eigenvalue weighted by Gasteiger charge is -2.34. The molecule has 0 bridgehead atoms. The van der Waals surface area contributed by atoms with Crippen LogP contribution in [0, 0.1) is 0 Å². The zero-order chi connectivity index (χ0) is 14.5. The number of nitrogens with one attached hydrogen (secondary N) is 1. The average molecular weight is 305 g/mol. The van der Waals surface area contributed by atoms with Gasteiger partial charge in [-0.05, 0) is 23.6 Å². The van der Waals surface area contributed by atoms with Gasteiger partial charge in [0.25, 0.3) is 0 Å². The maximum absolute atomic E-state index is 5.48. The van der Waals surface area contributed by atoms with Crippen LogP contribution in [0.1, 0.15) is 16.6 Å². The van der Waals surface area contributed by atoms with Gasteiger partial charge in [-0.25, -0.2) is 0 Å². The molecule has 114 valence electrons. The van der Waals surface area contributed by atoms with Crippen molar-refractivity contribution in [3.63, 3.8) is 0 Å². The van der Waals surface area contributed by atoms with Crippen LogP contribution in [0.3, 0.4) is 0 Å². The molecule has 21 heavy (non-hydrogen) atoms. The molecule has 1 N–H and O–H groups in total. The Morgan fingerprint density at radius 2 is 2.14 bits per heavy atom. The summed E-state index contributed by atoms with van der Waals surface area (Å²) in [6.07, 6.45) is 2.09. The maximum Gasteiger partial charge on any atom is 0.0594 e. The molecule has 0 spiro atoms. The summed E-state index contributed by atoms with van der Waals surface area (Å²) in [4.78, 5) is 3.98. The molecule has 2 aromatic rings. The van der Waals surface area contributed by atoms with E-state index in [4.69, 9.17) is 4.74 Å². The molecule has 1 atom stereocenters. The van der Waals surface area contributed by atoms with Crippen LogP contribution in [-0.2, 0) is 18.3 Å². The molecule has 2 aromatic heterocycles. The molecule has 1 saturated heterocycles. The van der Waals surface area contributed by atoms with E-state index in [2.05, 4.69) is 57.7 Å². The third kappa shape index (κ3) is 3.74. The summed E-state index contributed by atoms with van der Waals surface area (Å²) < 4.78 is 7.65. The SMILES string of the molecule is Cn1cccc1CNC[C@@H](c1cccs1)N1CCOCC1. The Morgan fingerprint density at radius 3 is 2.81 bits per heavy atom. The van der Waals surface area contributed by atoms with E-state index in [1.54, 1.807) is 0 Å². The first-order valence-electron chi connectivity index (χ1n) is 7.51. The van der Waals surface area contributed by atoms with Gasteiger partial charge >= 0.3 is 0 Å². The van der Waals surface area contributed by atoms with Gasteiger partial charge in [-0.1, -0.05) is 6.07 Å². The number of rotatable bonds is 6. The minimum Gasteiger partial charge on any atom is -0.379 e. The number of aryl methyl sites for hydroxylation is 1. The van der Waals surface area contributed by atoms with Crippen LogP contribution in [0.2, 0.25) is 0 Å². The van der Waals surface area contributed by atoms with Crippen LogP contribution >= 0.6 is 11.3 Å². The summed E-state index contributed by atoms with van der Waals surface area (Å²) >= 11 is 1.85. The Balaban J connectivity index is 1.61. The third-order valence-electron chi connectivity index (χ3n) is 4.05. The van der Waals surface area contributed by atoms with E-state index in [-0.39, 0.29) is 0 Å². The van der Waals surface area contributed by atoms with Crippen LogP contribution < -0.4 is 5.32 Å². The molecule has 1 aliphatic rings. The first-order chi connectivity index (χ1) is 10.3. The van der Waals surface area contributed by atoms with Crippen LogP contribution in [0.4, 0.5) is 0 Å². The largest absolute Gasteiger partial charge is 0.379 e. The lowest BCUT2D eigenvalue weighted by molar-refractivity contribution is 0.0168. The Kier molecular flexibility index (Phi) is 5.08. The van der Waals surface area contributed by atoms with Crippen molar-refractivity contribution in [1.29, 1.82) is 0 Å². The van der Waals surface area contributed by atoms with E-state index in [1.165, 1.54) is 10.6 Å². The number of ether oxygens (including phenoxy) is 1. The normalized spacial score (nSPS) is 18.0. The Morgan fingerprint density at radius 1 is 1.29 bits per heavy atom. The second-order valence-corrected chi connectivity index (χ2v) is 6.40. The molecule has 0 amide bonds. The van der Waals surface area contributed by atoms with E-state index < -0.39 is 0 Å². The second-order valence-electron chi connectivity index (χ2n) is 5.42. The highest BCUT2D eigenvalue weighted by Gasteiger charge is 2.23. The van der Waals surface area contributed by atoms with Crippen molar-refractivity contribution >= 4 is 11.3 Å².